The number of halogens is 2. The minimum absolute atomic E-state index is 0.137. The molecule has 0 heterocycles. The standard InChI is InChI=1S/C16H17F2NO2/c1-10-3-8-14(11(2)15(10)20)19-9-12-4-6-13(7-5-12)21-16(17)18/h3-8,16,19-20H,9H2,1-2H3. The van der Waals surface area contributed by atoms with E-state index < -0.39 is 6.61 Å². The number of anilines is 1. The molecule has 2 rings (SSSR count). The van der Waals surface area contributed by atoms with Crippen LogP contribution in [-0.4, -0.2) is 11.7 Å². The number of phenols is 1. The average molecular weight is 293 g/mol. The van der Waals surface area contributed by atoms with Crippen LogP contribution in [0.15, 0.2) is 36.4 Å². The van der Waals surface area contributed by atoms with Crippen molar-refractivity contribution in [2.45, 2.75) is 27.0 Å². The molecule has 0 aliphatic rings. The lowest BCUT2D eigenvalue weighted by atomic mass is 10.1. The Morgan fingerprint density at radius 3 is 2.38 bits per heavy atom. The van der Waals surface area contributed by atoms with Crippen LogP contribution in [0.5, 0.6) is 11.5 Å². The van der Waals surface area contributed by atoms with E-state index in [9.17, 15) is 13.9 Å². The van der Waals surface area contributed by atoms with Gasteiger partial charge in [0.2, 0.25) is 0 Å². The van der Waals surface area contributed by atoms with E-state index in [0.29, 0.717) is 6.54 Å². The number of ether oxygens (including phenoxy) is 1. The molecular weight excluding hydrogens is 276 g/mol. The highest BCUT2D eigenvalue weighted by atomic mass is 19.3. The van der Waals surface area contributed by atoms with Gasteiger partial charge in [-0.15, -0.1) is 0 Å². The summed E-state index contributed by atoms with van der Waals surface area (Å²) < 4.78 is 28.4. The Bertz CT molecular complexity index is 612. The second kappa shape index (κ2) is 6.43. The molecule has 0 saturated carbocycles. The molecule has 2 N–H and O–H groups in total. The fraction of sp³-hybridized carbons (Fsp3) is 0.250. The zero-order chi connectivity index (χ0) is 15.4. The van der Waals surface area contributed by atoms with Gasteiger partial charge in [0.25, 0.3) is 0 Å². The van der Waals surface area contributed by atoms with Crippen LogP contribution in [0.1, 0.15) is 16.7 Å². The highest BCUT2D eigenvalue weighted by Crippen LogP contribution is 2.28. The van der Waals surface area contributed by atoms with Gasteiger partial charge in [0, 0.05) is 17.8 Å². The number of hydrogen-bond acceptors (Lipinski definition) is 3. The molecule has 0 saturated heterocycles. The maximum Gasteiger partial charge on any atom is 0.387 e. The molecule has 5 heteroatoms. The predicted molar refractivity (Wildman–Crippen MR) is 78.0 cm³/mol. The molecule has 2 aromatic carbocycles. The van der Waals surface area contributed by atoms with Crippen LogP contribution >= 0.6 is 0 Å². The molecule has 0 aliphatic heterocycles. The van der Waals surface area contributed by atoms with Gasteiger partial charge in [0.1, 0.15) is 11.5 Å². The quantitative estimate of drug-likeness (QED) is 0.867. The van der Waals surface area contributed by atoms with Gasteiger partial charge >= 0.3 is 6.61 Å². The molecule has 0 bridgehead atoms. The molecule has 2 aromatic rings. The van der Waals surface area contributed by atoms with Crippen molar-refractivity contribution in [3.05, 3.63) is 53.1 Å². The lowest BCUT2D eigenvalue weighted by molar-refractivity contribution is -0.0498. The van der Waals surface area contributed by atoms with Gasteiger partial charge in [-0.05, 0) is 43.2 Å². The van der Waals surface area contributed by atoms with Gasteiger partial charge in [0.15, 0.2) is 0 Å². The minimum atomic E-state index is -2.81. The van der Waals surface area contributed by atoms with Gasteiger partial charge in [0.05, 0.1) is 0 Å². The summed E-state index contributed by atoms with van der Waals surface area (Å²) in [4.78, 5) is 0. The Balaban J connectivity index is 2.02. The van der Waals surface area contributed by atoms with Crippen LogP contribution in [-0.2, 0) is 6.54 Å². The molecule has 0 aromatic heterocycles. The first-order chi connectivity index (χ1) is 9.97. The Morgan fingerprint density at radius 2 is 1.76 bits per heavy atom. The van der Waals surface area contributed by atoms with Gasteiger partial charge in [-0.3, -0.25) is 0 Å². The Labute approximate surface area is 122 Å². The number of aromatic hydroxyl groups is 1. The van der Waals surface area contributed by atoms with Crippen LogP contribution in [0.4, 0.5) is 14.5 Å². The first-order valence-corrected chi connectivity index (χ1v) is 6.54. The van der Waals surface area contributed by atoms with Crippen molar-refractivity contribution in [2.75, 3.05) is 5.32 Å². The summed E-state index contributed by atoms with van der Waals surface area (Å²) in [5, 5.41) is 13.1. The number of alkyl halides is 2. The topological polar surface area (TPSA) is 41.5 Å². The van der Waals surface area contributed by atoms with Crippen molar-refractivity contribution >= 4 is 5.69 Å². The summed E-state index contributed by atoms with van der Waals surface area (Å²) >= 11 is 0. The maximum atomic E-state index is 12.0. The monoisotopic (exact) mass is 293 g/mol. The Kier molecular flexibility index (Phi) is 4.62. The van der Waals surface area contributed by atoms with Crippen LogP contribution in [0, 0.1) is 13.8 Å². The second-order valence-electron chi connectivity index (χ2n) is 4.78. The fourth-order valence-corrected chi connectivity index (χ4v) is 2.01. The van der Waals surface area contributed by atoms with Crippen LogP contribution in [0.3, 0.4) is 0 Å². The highest BCUT2D eigenvalue weighted by molar-refractivity contribution is 5.59. The van der Waals surface area contributed by atoms with E-state index >= 15 is 0 Å². The Morgan fingerprint density at radius 1 is 1.10 bits per heavy atom. The number of benzene rings is 2. The summed E-state index contributed by atoms with van der Waals surface area (Å²) in [5.41, 5.74) is 3.38. The SMILES string of the molecule is Cc1ccc(NCc2ccc(OC(F)F)cc2)c(C)c1O. The van der Waals surface area contributed by atoms with E-state index in [0.717, 1.165) is 22.4 Å². The number of hydrogen-bond donors (Lipinski definition) is 2. The van der Waals surface area contributed by atoms with Crippen molar-refractivity contribution in [2.24, 2.45) is 0 Å². The molecule has 3 nitrogen and oxygen atoms in total. The summed E-state index contributed by atoms with van der Waals surface area (Å²) in [6, 6.07) is 10.2. The van der Waals surface area contributed by atoms with E-state index in [4.69, 9.17) is 0 Å². The zero-order valence-corrected chi connectivity index (χ0v) is 11.9. The second-order valence-corrected chi connectivity index (χ2v) is 4.78. The molecule has 21 heavy (non-hydrogen) atoms. The lowest BCUT2D eigenvalue weighted by Gasteiger charge is -2.12. The van der Waals surface area contributed by atoms with E-state index in [-0.39, 0.29) is 11.5 Å². The van der Waals surface area contributed by atoms with Crippen LogP contribution in [0.2, 0.25) is 0 Å². The largest absolute Gasteiger partial charge is 0.507 e. The first kappa shape index (κ1) is 15.1. The van der Waals surface area contributed by atoms with Crippen molar-refractivity contribution in [1.82, 2.24) is 0 Å². The van der Waals surface area contributed by atoms with Gasteiger partial charge in [-0.2, -0.15) is 8.78 Å². The number of rotatable bonds is 5. The lowest BCUT2D eigenvalue weighted by Crippen LogP contribution is -2.03. The van der Waals surface area contributed by atoms with Crippen molar-refractivity contribution in [1.29, 1.82) is 0 Å². The van der Waals surface area contributed by atoms with Crippen LogP contribution in [0.25, 0.3) is 0 Å². The fourth-order valence-electron chi connectivity index (χ4n) is 2.01. The molecule has 112 valence electrons. The molecule has 0 radical (unpaired) electrons. The molecule has 0 atom stereocenters. The third-order valence-corrected chi connectivity index (χ3v) is 3.26. The van der Waals surface area contributed by atoms with Crippen molar-refractivity contribution < 1.29 is 18.6 Å². The number of nitrogens with one attached hydrogen (secondary N) is 1. The summed E-state index contributed by atoms with van der Waals surface area (Å²) in [7, 11) is 0. The van der Waals surface area contributed by atoms with E-state index in [1.165, 1.54) is 12.1 Å². The van der Waals surface area contributed by atoms with Crippen LogP contribution < -0.4 is 10.1 Å². The molecule has 0 aliphatic carbocycles. The van der Waals surface area contributed by atoms with Gasteiger partial charge < -0.3 is 15.2 Å². The highest BCUT2D eigenvalue weighted by Gasteiger charge is 2.06. The Hall–Kier alpha value is -2.30. The third-order valence-electron chi connectivity index (χ3n) is 3.26. The first-order valence-electron chi connectivity index (χ1n) is 6.54. The third kappa shape index (κ3) is 3.84. The molecule has 0 fully saturated rings. The number of phenolic OH excluding ortho intramolecular Hbond substituents is 1. The normalized spacial score (nSPS) is 10.7. The molecule has 0 spiro atoms. The zero-order valence-electron chi connectivity index (χ0n) is 11.9. The van der Waals surface area contributed by atoms with E-state index in [1.54, 1.807) is 12.1 Å². The van der Waals surface area contributed by atoms with Crippen molar-refractivity contribution in [3.8, 4) is 11.5 Å². The van der Waals surface area contributed by atoms with Crippen molar-refractivity contribution in [3.63, 3.8) is 0 Å². The predicted octanol–water partition coefficient (Wildman–Crippen LogP) is 4.22. The average Bonchev–Trinajstić information content (AvgIpc) is 2.45. The van der Waals surface area contributed by atoms with E-state index in [2.05, 4.69) is 10.1 Å². The summed E-state index contributed by atoms with van der Waals surface area (Å²) in [6.45, 7) is 1.39. The summed E-state index contributed by atoms with van der Waals surface area (Å²) in [6.07, 6.45) is 0. The van der Waals surface area contributed by atoms with Gasteiger partial charge in [-0.1, -0.05) is 18.2 Å². The summed E-state index contributed by atoms with van der Waals surface area (Å²) in [5.74, 6) is 0.415. The minimum Gasteiger partial charge on any atom is -0.507 e. The maximum absolute atomic E-state index is 12.0. The molecule has 0 amide bonds. The van der Waals surface area contributed by atoms with Gasteiger partial charge in [-0.25, -0.2) is 0 Å². The smallest absolute Gasteiger partial charge is 0.387 e. The number of aryl methyl sites for hydroxylation is 1. The molecule has 0 unspecified atom stereocenters. The van der Waals surface area contributed by atoms with E-state index in [1.807, 2.05) is 26.0 Å². The molecular formula is C16H17F2NO2.